The Hall–Kier alpha value is -0.770. The van der Waals surface area contributed by atoms with E-state index in [1.165, 1.54) is 4.90 Å². The highest BCUT2D eigenvalue weighted by atomic mass is 16.4. The number of hydrogen-bond acceptors (Lipinski definition) is 2. The summed E-state index contributed by atoms with van der Waals surface area (Å²) in [5, 5.41) is 18.1. The molecule has 0 aromatic rings. The Labute approximate surface area is 71.8 Å². The maximum Gasteiger partial charge on any atom is 0.407 e. The van der Waals surface area contributed by atoms with Gasteiger partial charge in [-0.25, -0.2) is 4.79 Å². The molecule has 1 amide bonds. The summed E-state index contributed by atoms with van der Waals surface area (Å²) < 4.78 is 0. The van der Waals surface area contributed by atoms with Crippen molar-refractivity contribution in [3.8, 4) is 0 Å². The summed E-state index contributed by atoms with van der Waals surface area (Å²) in [7, 11) is 0. The SMILES string of the molecule is CC(C)(C)C1C(O)CN1C(=O)O. The second kappa shape index (κ2) is 2.62. The highest BCUT2D eigenvalue weighted by molar-refractivity contribution is 5.67. The van der Waals surface area contributed by atoms with Crippen molar-refractivity contribution in [1.29, 1.82) is 0 Å². The van der Waals surface area contributed by atoms with Gasteiger partial charge in [0.1, 0.15) is 0 Å². The summed E-state index contributed by atoms with van der Waals surface area (Å²) in [4.78, 5) is 11.9. The van der Waals surface area contributed by atoms with Gasteiger partial charge in [0.2, 0.25) is 0 Å². The lowest BCUT2D eigenvalue weighted by Crippen LogP contribution is -2.66. The lowest BCUT2D eigenvalue weighted by molar-refractivity contribution is -0.0905. The van der Waals surface area contributed by atoms with Gasteiger partial charge in [0, 0.05) is 0 Å². The number of β-amino-alcohol motifs (C(OH)–C–C–N with tert-alkyl or cyclic N) is 1. The third kappa shape index (κ3) is 1.39. The van der Waals surface area contributed by atoms with Crippen LogP contribution in [0.3, 0.4) is 0 Å². The zero-order valence-electron chi connectivity index (χ0n) is 7.61. The van der Waals surface area contributed by atoms with Gasteiger partial charge in [0.05, 0.1) is 18.7 Å². The van der Waals surface area contributed by atoms with Crippen LogP contribution >= 0.6 is 0 Å². The first-order chi connectivity index (χ1) is 5.34. The molecular weight excluding hydrogens is 158 g/mol. The molecule has 2 N–H and O–H groups in total. The van der Waals surface area contributed by atoms with E-state index in [-0.39, 0.29) is 18.0 Å². The van der Waals surface area contributed by atoms with Gasteiger partial charge in [-0.2, -0.15) is 0 Å². The van der Waals surface area contributed by atoms with E-state index in [4.69, 9.17) is 5.11 Å². The summed E-state index contributed by atoms with van der Waals surface area (Å²) >= 11 is 0. The van der Waals surface area contributed by atoms with Gasteiger partial charge in [-0.3, -0.25) is 4.90 Å². The van der Waals surface area contributed by atoms with E-state index < -0.39 is 12.2 Å². The topological polar surface area (TPSA) is 60.8 Å². The van der Waals surface area contributed by atoms with Crippen LogP contribution in [-0.4, -0.2) is 39.9 Å². The van der Waals surface area contributed by atoms with Gasteiger partial charge in [0.15, 0.2) is 0 Å². The Balaban J connectivity index is 2.68. The molecule has 70 valence electrons. The second-order valence-electron chi connectivity index (χ2n) is 4.31. The average Bonchev–Trinajstić information content (AvgIpc) is 1.77. The number of rotatable bonds is 0. The molecule has 0 radical (unpaired) electrons. The van der Waals surface area contributed by atoms with E-state index in [0.717, 1.165) is 0 Å². The number of aliphatic hydroxyl groups is 1. The molecule has 0 aliphatic carbocycles. The Morgan fingerprint density at radius 3 is 2.17 bits per heavy atom. The molecule has 12 heavy (non-hydrogen) atoms. The van der Waals surface area contributed by atoms with E-state index in [2.05, 4.69) is 0 Å². The average molecular weight is 173 g/mol. The van der Waals surface area contributed by atoms with E-state index >= 15 is 0 Å². The van der Waals surface area contributed by atoms with Gasteiger partial charge in [-0.15, -0.1) is 0 Å². The van der Waals surface area contributed by atoms with Crippen molar-refractivity contribution in [1.82, 2.24) is 4.90 Å². The summed E-state index contributed by atoms with van der Waals surface area (Å²) in [6, 6.07) is -0.255. The summed E-state index contributed by atoms with van der Waals surface area (Å²) in [6.07, 6.45) is -1.44. The normalized spacial score (nSPS) is 29.8. The molecule has 1 rings (SSSR count). The third-order valence-electron chi connectivity index (χ3n) is 2.22. The van der Waals surface area contributed by atoms with Crippen LogP contribution in [0.2, 0.25) is 0 Å². The largest absolute Gasteiger partial charge is 0.465 e. The zero-order valence-corrected chi connectivity index (χ0v) is 7.61. The summed E-state index contributed by atoms with van der Waals surface area (Å²) in [5.74, 6) is 0. The summed E-state index contributed by atoms with van der Waals surface area (Å²) in [6.45, 7) is 6.03. The number of aliphatic hydroxyl groups excluding tert-OH is 1. The Bertz CT molecular complexity index is 197. The fourth-order valence-corrected chi connectivity index (χ4v) is 1.73. The van der Waals surface area contributed by atoms with E-state index in [0.29, 0.717) is 0 Å². The molecular formula is C8H15NO3. The predicted molar refractivity (Wildman–Crippen MR) is 44.0 cm³/mol. The lowest BCUT2D eigenvalue weighted by Gasteiger charge is -2.50. The van der Waals surface area contributed by atoms with Crippen molar-refractivity contribution < 1.29 is 15.0 Å². The van der Waals surface area contributed by atoms with Gasteiger partial charge in [0.25, 0.3) is 0 Å². The molecule has 1 saturated heterocycles. The molecule has 0 aromatic carbocycles. The van der Waals surface area contributed by atoms with Gasteiger partial charge < -0.3 is 10.2 Å². The van der Waals surface area contributed by atoms with Crippen molar-refractivity contribution in [2.75, 3.05) is 6.54 Å². The van der Waals surface area contributed by atoms with Crippen LogP contribution in [0.15, 0.2) is 0 Å². The number of nitrogens with zero attached hydrogens (tertiary/aromatic N) is 1. The third-order valence-corrected chi connectivity index (χ3v) is 2.22. The summed E-state index contributed by atoms with van der Waals surface area (Å²) in [5.41, 5.74) is -0.184. The van der Waals surface area contributed by atoms with Crippen LogP contribution in [0.25, 0.3) is 0 Å². The molecule has 1 aliphatic heterocycles. The molecule has 0 saturated carbocycles. The van der Waals surface area contributed by atoms with Crippen molar-refractivity contribution in [3.63, 3.8) is 0 Å². The number of hydrogen-bond donors (Lipinski definition) is 2. The molecule has 1 aliphatic rings. The monoisotopic (exact) mass is 173 g/mol. The van der Waals surface area contributed by atoms with E-state index in [1.807, 2.05) is 20.8 Å². The first kappa shape index (κ1) is 9.32. The van der Waals surface area contributed by atoms with E-state index in [1.54, 1.807) is 0 Å². The molecule has 2 atom stereocenters. The van der Waals surface area contributed by atoms with Crippen LogP contribution in [0.4, 0.5) is 4.79 Å². The molecule has 1 fully saturated rings. The number of likely N-dealkylation sites (tertiary alicyclic amines) is 1. The molecule has 4 nitrogen and oxygen atoms in total. The first-order valence-electron chi connectivity index (χ1n) is 4.01. The van der Waals surface area contributed by atoms with Crippen molar-refractivity contribution in [2.45, 2.75) is 32.9 Å². The Morgan fingerprint density at radius 2 is 2.00 bits per heavy atom. The molecule has 2 unspecified atom stereocenters. The van der Waals surface area contributed by atoms with Crippen molar-refractivity contribution >= 4 is 6.09 Å². The van der Waals surface area contributed by atoms with Crippen LogP contribution < -0.4 is 0 Å². The zero-order chi connectivity index (χ0) is 9.52. The molecule has 0 aromatic heterocycles. The maximum atomic E-state index is 10.6. The minimum absolute atomic E-state index is 0.184. The fourth-order valence-electron chi connectivity index (χ4n) is 1.73. The quantitative estimate of drug-likeness (QED) is 0.568. The fraction of sp³-hybridized carbons (Fsp3) is 0.875. The van der Waals surface area contributed by atoms with Crippen LogP contribution in [0.5, 0.6) is 0 Å². The molecule has 4 heteroatoms. The van der Waals surface area contributed by atoms with Crippen molar-refractivity contribution in [3.05, 3.63) is 0 Å². The van der Waals surface area contributed by atoms with Gasteiger partial charge in [-0.05, 0) is 5.41 Å². The van der Waals surface area contributed by atoms with Crippen LogP contribution in [0.1, 0.15) is 20.8 Å². The highest BCUT2D eigenvalue weighted by Crippen LogP contribution is 2.33. The second-order valence-corrected chi connectivity index (χ2v) is 4.31. The van der Waals surface area contributed by atoms with E-state index in [9.17, 15) is 9.90 Å². The Kier molecular flexibility index (Phi) is 2.04. The molecule has 0 spiro atoms. The number of carbonyl (C=O) groups is 1. The smallest absolute Gasteiger partial charge is 0.407 e. The van der Waals surface area contributed by atoms with Crippen LogP contribution in [-0.2, 0) is 0 Å². The number of carboxylic acid groups (broad SMARTS) is 1. The lowest BCUT2D eigenvalue weighted by atomic mass is 9.77. The molecule has 0 bridgehead atoms. The van der Waals surface area contributed by atoms with Crippen molar-refractivity contribution in [2.24, 2.45) is 5.41 Å². The minimum Gasteiger partial charge on any atom is -0.465 e. The minimum atomic E-state index is -0.944. The first-order valence-corrected chi connectivity index (χ1v) is 4.01. The number of amides is 1. The molecule has 1 heterocycles. The van der Waals surface area contributed by atoms with Gasteiger partial charge >= 0.3 is 6.09 Å². The Morgan fingerprint density at radius 1 is 1.50 bits per heavy atom. The van der Waals surface area contributed by atoms with Crippen LogP contribution in [0, 0.1) is 5.41 Å². The van der Waals surface area contributed by atoms with Gasteiger partial charge in [-0.1, -0.05) is 20.8 Å². The predicted octanol–water partition coefficient (Wildman–Crippen LogP) is 0.756. The standard InChI is InChI=1S/C8H15NO3/c1-8(2,3)6-5(10)4-9(6)7(11)12/h5-6,10H,4H2,1-3H3,(H,11,12). The highest BCUT2D eigenvalue weighted by Gasteiger charge is 2.47. The maximum absolute atomic E-state index is 10.6.